The average molecular weight is 229 g/mol. The van der Waals surface area contributed by atoms with Gasteiger partial charge in [-0.2, -0.15) is 6.07 Å². The van der Waals surface area contributed by atoms with Crippen LogP contribution in [0.3, 0.4) is 0 Å². The zero-order chi connectivity index (χ0) is 4.24. The van der Waals surface area contributed by atoms with Crippen molar-refractivity contribution in [1.29, 1.82) is 0 Å². The normalized spacial score (nSPS) is 6.00. The smallest absolute Gasteiger partial charge is 1.00 e. The standard InChI is InChI=1S/C5H4N.HI.Mg/c1-2-4-6-5-3-1;;/h1-2,4-5H;1H;/q-1;;+2/p-1. The molecule has 0 aliphatic rings. The third kappa shape index (κ3) is 4.80. The minimum atomic E-state index is 0. The summed E-state index contributed by atoms with van der Waals surface area (Å²) in [5, 5.41) is 0. The number of hydrogen-bond donors (Lipinski definition) is 0. The molecule has 0 unspecified atom stereocenters. The Bertz CT molecular complexity index is 84.4. The van der Waals surface area contributed by atoms with Crippen molar-refractivity contribution in [2.45, 2.75) is 0 Å². The van der Waals surface area contributed by atoms with Crippen molar-refractivity contribution >= 4 is 23.1 Å². The molecule has 0 amide bonds. The summed E-state index contributed by atoms with van der Waals surface area (Å²) in [4.78, 5) is 3.73. The van der Waals surface area contributed by atoms with Crippen LogP contribution in [0.1, 0.15) is 0 Å². The molecule has 0 spiro atoms. The van der Waals surface area contributed by atoms with E-state index in [9.17, 15) is 0 Å². The predicted octanol–water partition coefficient (Wildman–Crippen LogP) is -2.50. The monoisotopic (exact) mass is 229 g/mol. The van der Waals surface area contributed by atoms with Crippen molar-refractivity contribution in [1.82, 2.24) is 4.98 Å². The van der Waals surface area contributed by atoms with Gasteiger partial charge in [0.25, 0.3) is 0 Å². The molecule has 1 nitrogen and oxygen atoms in total. The number of aromatic nitrogens is 1. The van der Waals surface area contributed by atoms with E-state index >= 15 is 0 Å². The summed E-state index contributed by atoms with van der Waals surface area (Å²) >= 11 is 0. The minimum Gasteiger partial charge on any atom is -1.00 e. The van der Waals surface area contributed by atoms with Crippen LogP contribution in [-0.4, -0.2) is 28.0 Å². The van der Waals surface area contributed by atoms with Crippen molar-refractivity contribution in [2.24, 2.45) is 0 Å². The minimum absolute atomic E-state index is 0. The molecule has 1 rings (SSSR count). The maximum absolute atomic E-state index is 3.73. The van der Waals surface area contributed by atoms with Gasteiger partial charge in [0.2, 0.25) is 0 Å². The van der Waals surface area contributed by atoms with Crippen molar-refractivity contribution in [2.75, 3.05) is 0 Å². The van der Waals surface area contributed by atoms with Crippen molar-refractivity contribution in [3.8, 4) is 0 Å². The topological polar surface area (TPSA) is 12.9 Å². The second-order valence-electron chi connectivity index (χ2n) is 0.953. The Kier molecular flexibility index (Phi) is 10.9. The number of hydrogen-bond acceptors (Lipinski definition) is 1. The third-order valence-corrected chi connectivity index (χ3v) is 0.514. The van der Waals surface area contributed by atoms with Crippen molar-refractivity contribution in [3.63, 3.8) is 0 Å². The molecule has 0 radical (unpaired) electrons. The third-order valence-electron chi connectivity index (χ3n) is 0.514. The summed E-state index contributed by atoms with van der Waals surface area (Å²) in [7, 11) is 0. The molecule has 0 aromatic carbocycles. The fourth-order valence-electron chi connectivity index (χ4n) is 0.277. The van der Waals surface area contributed by atoms with Crippen LogP contribution in [0.15, 0.2) is 24.5 Å². The first kappa shape index (κ1) is 11.4. The van der Waals surface area contributed by atoms with Crippen LogP contribution in [0.5, 0.6) is 0 Å². The van der Waals surface area contributed by atoms with Gasteiger partial charge in [0, 0.05) is 0 Å². The van der Waals surface area contributed by atoms with Crippen molar-refractivity contribution in [3.05, 3.63) is 30.6 Å². The van der Waals surface area contributed by atoms with Crippen LogP contribution < -0.4 is 24.0 Å². The average Bonchev–Trinajstić information content (AvgIpc) is 1.72. The molecule has 0 aliphatic carbocycles. The van der Waals surface area contributed by atoms with Gasteiger partial charge in [0.05, 0.1) is 0 Å². The van der Waals surface area contributed by atoms with Gasteiger partial charge in [0.1, 0.15) is 0 Å². The van der Waals surface area contributed by atoms with E-state index in [2.05, 4.69) is 11.1 Å². The van der Waals surface area contributed by atoms with Crippen LogP contribution >= 0.6 is 0 Å². The van der Waals surface area contributed by atoms with E-state index in [4.69, 9.17) is 0 Å². The molecular formula is C5H4IMgN. The number of pyridine rings is 1. The molecule has 3 heteroatoms. The zero-order valence-electron chi connectivity index (χ0n) is 4.34. The van der Waals surface area contributed by atoms with E-state index in [1.54, 1.807) is 12.4 Å². The first-order valence-corrected chi connectivity index (χ1v) is 1.76. The van der Waals surface area contributed by atoms with Gasteiger partial charge in [-0.15, -0.1) is 0 Å². The van der Waals surface area contributed by atoms with E-state index in [1.165, 1.54) is 0 Å². The second-order valence-corrected chi connectivity index (χ2v) is 0.953. The van der Waals surface area contributed by atoms with Crippen LogP contribution in [0.4, 0.5) is 0 Å². The summed E-state index contributed by atoms with van der Waals surface area (Å²) in [5.41, 5.74) is 0. The molecule has 0 saturated heterocycles. The summed E-state index contributed by atoms with van der Waals surface area (Å²) in [6.07, 6.45) is 3.34. The second kappa shape index (κ2) is 7.65. The Balaban J connectivity index is 0. The van der Waals surface area contributed by atoms with Gasteiger partial charge >= 0.3 is 23.1 Å². The first-order chi connectivity index (χ1) is 3.00. The molecule has 1 aromatic rings. The summed E-state index contributed by atoms with van der Waals surface area (Å²) in [6, 6.07) is 6.43. The SMILES string of the molecule is [I-].[Mg+2].[c-]1cccnc1. The first-order valence-electron chi connectivity index (χ1n) is 1.76. The van der Waals surface area contributed by atoms with E-state index < -0.39 is 0 Å². The Hall–Kier alpha value is 0.646. The van der Waals surface area contributed by atoms with Crippen LogP contribution in [0, 0.1) is 6.07 Å². The van der Waals surface area contributed by atoms with Gasteiger partial charge in [-0.3, -0.25) is 0 Å². The molecule has 0 bridgehead atoms. The molecule has 0 aliphatic heterocycles. The molecular weight excluding hydrogens is 225 g/mol. The number of rotatable bonds is 0. The maximum Gasteiger partial charge on any atom is 2.00 e. The van der Waals surface area contributed by atoms with Gasteiger partial charge in [-0.1, -0.05) is 12.4 Å². The van der Waals surface area contributed by atoms with E-state index in [0.29, 0.717) is 0 Å². The van der Waals surface area contributed by atoms with Gasteiger partial charge in [-0.25, -0.2) is 12.1 Å². The Morgan fingerprint density at radius 2 is 2.12 bits per heavy atom. The molecule has 1 aromatic heterocycles. The fraction of sp³-hybridized carbons (Fsp3) is 0. The molecule has 0 fully saturated rings. The van der Waals surface area contributed by atoms with Gasteiger partial charge < -0.3 is 29.0 Å². The van der Waals surface area contributed by atoms with Crippen LogP contribution in [0.25, 0.3) is 0 Å². The van der Waals surface area contributed by atoms with E-state index in [-0.39, 0.29) is 47.0 Å². The maximum atomic E-state index is 3.73. The van der Waals surface area contributed by atoms with E-state index in [0.717, 1.165) is 0 Å². The summed E-state index contributed by atoms with van der Waals surface area (Å²) in [5.74, 6) is 0. The molecule has 0 atom stereocenters. The van der Waals surface area contributed by atoms with Crippen LogP contribution in [0.2, 0.25) is 0 Å². The fourth-order valence-corrected chi connectivity index (χ4v) is 0.277. The van der Waals surface area contributed by atoms with Gasteiger partial charge in [0.15, 0.2) is 0 Å². The number of halogens is 1. The Labute approximate surface area is 82.1 Å². The number of nitrogens with zero attached hydrogens (tertiary/aromatic N) is 1. The Morgan fingerprint density at radius 3 is 2.25 bits per heavy atom. The predicted molar refractivity (Wildman–Crippen MR) is 28.8 cm³/mol. The summed E-state index contributed by atoms with van der Waals surface area (Å²) in [6.45, 7) is 0. The van der Waals surface area contributed by atoms with Crippen molar-refractivity contribution < 1.29 is 24.0 Å². The summed E-state index contributed by atoms with van der Waals surface area (Å²) < 4.78 is 0. The Morgan fingerprint density at radius 1 is 1.38 bits per heavy atom. The van der Waals surface area contributed by atoms with E-state index in [1.807, 2.05) is 12.1 Å². The molecule has 0 saturated carbocycles. The zero-order valence-corrected chi connectivity index (χ0v) is 7.91. The van der Waals surface area contributed by atoms with Gasteiger partial charge in [-0.05, 0) is 0 Å². The van der Waals surface area contributed by atoms with Crippen LogP contribution in [-0.2, 0) is 0 Å². The molecule has 0 N–H and O–H groups in total. The quantitative estimate of drug-likeness (QED) is 0.272. The molecule has 1 heterocycles. The molecule has 38 valence electrons. The molecule has 8 heavy (non-hydrogen) atoms. The largest absolute Gasteiger partial charge is 2.00 e.